The fraction of sp³-hybridized carbons (Fsp3) is 0.308. The van der Waals surface area contributed by atoms with Gasteiger partial charge in [0.2, 0.25) is 0 Å². The first kappa shape index (κ1) is 13.2. The van der Waals surface area contributed by atoms with E-state index in [0.29, 0.717) is 11.4 Å². The highest BCUT2D eigenvalue weighted by Crippen LogP contribution is 2.27. The van der Waals surface area contributed by atoms with E-state index in [0.717, 1.165) is 0 Å². The van der Waals surface area contributed by atoms with Crippen molar-refractivity contribution in [2.45, 2.75) is 19.3 Å². The molecule has 1 aliphatic carbocycles. The van der Waals surface area contributed by atoms with Gasteiger partial charge in [-0.2, -0.15) is 0 Å². The van der Waals surface area contributed by atoms with E-state index in [1.165, 1.54) is 12.1 Å². The molecule has 5 heteroatoms. The van der Waals surface area contributed by atoms with E-state index < -0.39 is 11.7 Å². The van der Waals surface area contributed by atoms with Crippen molar-refractivity contribution in [1.29, 1.82) is 0 Å². The SMILES string of the molecule is O=C1CCCC(=O)C1C(=O)c1cc(Cl)ccc1Cl. The van der Waals surface area contributed by atoms with E-state index in [1.54, 1.807) is 6.07 Å². The smallest absolute Gasteiger partial charge is 0.182 e. The molecule has 1 aromatic carbocycles. The van der Waals surface area contributed by atoms with Gasteiger partial charge in [-0.15, -0.1) is 0 Å². The summed E-state index contributed by atoms with van der Waals surface area (Å²) >= 11 is 11.7. The average Bonchev–Trinajstić information content (AvgIpc) is 2.32. The van der Waals surface area contributed by atoms with E-state index in [2.05, 4.69) is 0 Å². The summed E-state index contributed by atoms with van der Waals surface area (Å²) in [4.78, 5) is 35.6. The Labute approximate surface area is 114 Å². The predicted octanol–water partition coefficient (Wildman–Crippen LogP) is 3.11. The van der Waals surface area contributed by atoms with Gasteiger partial charge in [-0.05, 0) is 24.6 Å². The predicted molar refractivity (Wildman–Crippen MR) is 68.1 cm³/mol. The second-order valence-electron chi connectivity index (χ2n) is 4.21. The minimum atomic E-state index is -1.20. The average molecular weight is 285 g/mol. The number of ketones is 3. The molecule has 0 saturated heterocycles. The van der Waals surface area contributed by atoms with Crippen LogP contribution in [0.3, 0.4) is 0 Å². The lowest BCUT2D eigenvalue weighted by molar-refractivity contribution is -0.133. The van der Waals surface area contributed by atoms with Crippen LogP contribution in [0.4, 0.5) is 0 Å². The summed E-state index contributed by atoms with van der Waals surface area (Å²) in [6.45, 7) is 0. The summed E-state index contributed by atoms with van der Waals surface area (Å²) in [6.07, 6.45) is 1.05. The first-order valence-corrected chi connectivity index (χ1v) is 6.31. The maximum atomic E-state index is 12.2. The molecule has 0 unspecified atom stereocenters. The first-order valence-electron chi connectivity index (χ1n) is 5.55. The standard InChI is InChI=1S/C13H10Cl2O3/c14-7-4-5-9(15)8(6-7)13(18)12-10(16)2-1-3-11(12)17/h4-6,12H,1-3H2. The molecule has 0 bridgehead atoms. The molecule has 1 fully saturated rings. The van der Waals surface area contributed by atoms with Gasteiger partial charge in [0.05, 0.1) is 5.02 Å². The van der Waals surface area contributed by atoms with Gasteiger partial charge in [0.1, 0.15) is 5.92 Å². The Morgan fingerprint density at radius 2 is 1.72 bits per heavy atom. The van der Waals surface area contributed by atoms with Gasteiger partial charge in [0, 0.05) is 23.4 Å². The first-order chi connectivity index (χ1) is 8.50. The van der Waals surface area contributed by atoms with Crippen LogP contribution in [0.1, 0.15) is 29.6 Å². The van der Waals surface area contributed by atoms with E-state index in [4.69, 9.17) is 23.2 Å². The van der Waals surface area contributed by atoms with Crippen molar-refractivity contribution in [2.75, 3.05) is 0 Å². The zero-order chi connectivity index (χ0) is 13.3. The Hall–Kier alpha value is -1.19. The van der Waals surface area contributed by atoms with Crippen LogP contribution in [0.2, 0.25) is 10.0 Å². The summed E-state index contributed by atoms with van der Waals surface area (Å²) in [5.74, 6) is -2.40. The molecule has 0 N–H and O–H groups in total. The lowest BCUT2D eigenvalue weighted by Gasteiger charge is -2.18. The van der Waals surface area contributed by atoms with Crippen molar-refractivity contribution in [1.82, 2.24) is 0 Å². The number of hydrogen-bond acceptors (Lipinski definition) is 3. The minimum Gasteiger partial charge on any atom is -0.298 e. The highest BCUT2D eigenvalue weighted by atomic mass is 35.5. The van der Waals surface area contributed by atoms with Crippen molar-refractivity contribution in [3.63, 3.8) is 0 Å². The van der Waals surface area contributed by atoms with Crippen molar-refractivity contribution in [2.24, 2.45) is 5.92 Å². The maximum Gasteiger partial charge on any atom is 0.182 e. The zero-order valence-corrected chi connectivity index (χ0v) is 10.9. The summed E-state index contributed by atoms with van der Waals surface area (Å²) < 4.78 is 0. The normalized spacial score (nSPS) is 17.0. The van der Waals surface area contributed by atoms with Gasteiger partial charge in [0.25, 0.3) is 0 Å². The molecule has 94 valence electrons. The number of hydrogen-bond donors (Lipinski definition) is 0. The molecule has 0 spiro atoms. The Morgan fingerprint density at radius 3 is 2.33 bits per heavy atom. The number of carbonyl (C=O) groups is 3. The Balaban J connectivity index is 2.38. The fourth-order valence-corrected chi connectivity index (χ4v) is 2.42. The highest BCUT2D eigenvalue weighted by molar-refractivity contribution is 6.38. The summed E-state index contributed by atoms with van der Waals surface area (Å²) in [5.41, 5.74) is 0.137. The van der Waals surface area contributed by atoms with Gasteiger partial charge in [-0.3, -0.25) is 14.4 Å². The summed E-state index contributed by atoms with van der Waals surface area (Å²) in [5, 5.41) is 0.550. The number of Topliss-reactive ketones (excluding diaryl/α,β-unsaturated/α-hetero) is 3. The Morgan fingerprint density at radius 1 is 1.11 bits per heavy atom. The quantitative estimate of drug-likeness (QED) is 0.619. The largest absolute Gasteiger partial charge is 0.298 e. The number of rotatable bonds is 2. The molecular formula is C13H10Cl2O3. The lowest BCUT2D eigenvalue weighted by Crippen LogP contribution is -2.35. The van der Waals surface area contributed by atoms with Gasteiger partial charge in [-0.25, -0.2) is 0 Å². The molecule has 1 saturated carbocycles. The summed E-state index contributed by atoms with van der Waals surface area (Å²) in [6, 6.07) is 4.42. The van der Waals surface area contributed by atoms with Crippen LogP contribution >= 0.6 is 23.2 Å². The van der Waals surface area contributed by atoms with Crippen molar-refractivity contribution in [3.8, 4) is 0 Å². The molecule has 1 aromatic rings. The second-order valence-corrected chi connectivity index (χ2v) is 5.05. The Bertz CT molecular complexity index is 521. The van der Waals surface area contributed by atoms with E-state index >= 15 is 0 Å². The molecule has 0 aromatic heterocycles. The summed E-state index contributed by atoms with van der Waals surface area (Å²) in [7, 11) is 0. The molecule has 3 nitrogen and oxygen atoms in total. The van der Waals surface area contributed by atoms with Crippen molar-refractivity contribution < 1.29 is 14.4 Å². The van der Waals surface area contributed by atoms with Crippen LogP contribution in [0.15, 0.2) is 18.2 Å². The van der Waals surface area contributed by atoms with E-state index in [1.807, 2.05) is 0 Å². The molecule has 0 atom stereocenters. The molecular weight excluding hydrogens is 275 g/mol. The van der Waals surface area contributed by atoms with Gasteiger partial charge in [-0.1, -0.05) is 23.2 Å². The van der Waals surface area contributed by atoms with Crippen LogP contribution in [0.5, 0.6) is 0 Å². The second kappa shape index (κ2) is 5.21. The molecule has 18 heavy (non-hydrogen) atoms. The van der Waals surface area contributed by atoms with Crippen LogP contribution in [0.25, 0.3) is 0 Å². The third-order valence-corrected chi connectivity index (χ3v) is 3.51. The third-order valence-electron chi connectivity index (χ3n) is 2.95. The minimum absolute atomic E-state index is 0.137. The van der Waals surface area contributed by atoms with Crippen molar-refractivity contribution in [3.05, 3.63) is 33.8 Å². The van der Waals surface area contributed by atoms with Crippen molar-refractivity contribution >= 4 is 40.6 Å². The van der Waals surface area contributed by atoms with Gasteiger partial charge >= 0.3 is 0 Å². The number of halogens is 2. The Kier molecular flexibility index (Phi) is 3.83. The van der Waals surface area contributed by atoms with E-state index in [9.17, 15) is 14.4 Å². The number of benzene rings is 1. The van der Waals surface area contributed by atoms with Gasteiger partial charge < -0.3 is 0 Å². The molecule has 0 heterocycles. The van der Waals surface area contributed by atoms with Crippen LogP contribution in [-0.4, -0.2) is 17.3 Å². The van der Waals surface area contributed by atoms with E-state index in [-0.39, 0.29) is 35.0 Å². The molecule has 2 rings (SSSR count). The van der Waals surface area contributed by atoms with Crippen LogP contribution in [-0.2, 0) is 9.59 Å². The highest BCUT2D eigenvalue weighted by Gasteiger charge is 2.37. The van der Waals surface area contributed by atoms with Gasteiger partial charge in [0.15, 0.2) is 17.3 Å². The maximum absolute atomic E-state index is 12.2. The topological polar surface area (TPSA) is 51.2 Å². The molecule has 0 radical (unpaired) electrons. The third kappa shape index (κ3) is 2.47. The molecule has 0 amide bonds. The number of carbonyl (C=O) groups excluding carboxylic acids is 3. The monoisotopic (exact) mass is 284 g/mol. The molecule has 1 aliphatic rings. The van der Waals surface area contributed by atoms with Crippen LogP contribution < -0.4 is 0 Å². The van der Waals surface area contributed by atoms with Crippen LogP contribution in [0, 0.1) is 5.92 Å². The zero-order valence-electron chi connectivity index (χ0n) is 9.41. The molecule has 0 aliphatic heterocycles. The lowest BCUT2D eigenvalue weighted by atomic mass is 9.82. The fourth-order valence-electron chi connectivity index (χ4n) is 2.04.